The summed E-state index contributed by atoms with van der Waals surface area (Å²) in [5.74, 6) is 1.71. The first-order valence-electron chi connectivity index (χ1n) is 6.84. The second kappa shape index (κ2) is 5.55. The summed E-state index contributed by atoms with van der Waals surface area (Å²) in [4.78, 5) is 4.38. The van der Waals surface area contributed by atoms with Crippen LogP contribution in [0.3, 0.4) is 0 Å². The number of pyridine rings is 1. The smallest absolute Gasteiger partial charge is 0.114 e. The van der Waals surface area contributed by atoms with Crippen LogP contribution in [0.4, 0.5) is 0 Å². The van der Waals surface area contributed by atoms with Gasteiger partial charge in [-0.05, 0) is 41.4 Å². The highest BCUT2D eigenvalue weighted by Gasteiger charge is 2.23. The second-order valence-electron chi connectivity index (χ2n) is 5.73. The fraction of sp³-hybridized carbons (Fsp3) is 0.562. The summed E-state index contributed by atoms with van der Waals surface area (Å²) in [5.41, 5.74) is 4.11. The fourth-order valence-electron chi connectivity index (χ4n) is 2.69. The van der Waals surface area contributed by atoms with Gasteiger partial charge in [0.25, 0.3) is 0 Å². The van der Waals surface area contributed by atoms with E-state index in [1.54, 1.807) is 0 Å². The third-order valence-electron chi connectivity index (χ3n) is 3.72. The molecule has 1 atom stereocenters. The van der Waals surface area contributed by atoms with Crippen molar-refractivity contribution in [2.75, 3.05) is 0 Å². The maximum atomic E-state index is 5.54. The topological polar surface area (TPSA) is 22.1 Å². The Kier molecular flexibility index (Phi) is 4.05. The predicted octanol–water partition coefficient (Wildman–Crippen LogP) is 4.38. The van der Waals surface area contributed by atoms with Crippen LogP contribution in [-0.4, -0.2) is 4.98 Å². The van der Waals surface area contributed by atoms with E-state index in [4.69, 9.17) is 4.74 Å². The van der Waals surface area contributed by atoms with Gasteiger partial charge in [-0.3, -0.25) is 4.98 Å². The molecule has 1 unspecified atom stereocenters. The van der Waals surface area contributed by atoms with Crippen molar-refractivity contribution in [3.8, 4) is 0 Å². The van der Waals surface area contributed by atoms with Crippen molar-refractivity contribution in [2.45, 2.75) is 52.6 Å². The molecule has 98 valence electrons. The number of nitrogens with zero attached hydrogens (tertiary/aromatic N) is 1. The fourth-order valence-corrected chi connectivity index (χ4v) is 2.69. The molecule has 0 amide bonds. The average molecular weight is 245 g/mol. The minimum Gasteiger partial charge on any atom is -0.497 e. The number of aromatic nitrogens is 1. The van der Waals surface area contributed by atoms with Gasteiger partial charge in [-0.25, -0.2) is 0 Å². The third kappa shape index (κ3) is 2.58. The van der Waals surface area contributed by atoms with Crippen molar-refractivity contribution in [3.63, 3.8) is 0 Å². The largest absolute Gasteiger partial charge is 0.497 e. The van der Waals surface area contributed by atoms with Gasteiger partial charge in [-0.2, -0.15) is 0 Å². The number of hydrogen-bond donors (Lipinski definition) is 0. The maximum Gasteiger partial charge on any atom is 0.114 e. The van der Waals surface area contributed by atoms with Crippen LogP contribution in [0.25, 0.3) is 0 Å². The van der Waals surface area contributed by atoms with E-state index in [1.165, 1.54) is 16.7 Å². The molecule has 0 fully saturated rings. The van der Waals surface area contributed by atoms with E-state index in [0.29, 0.717) is 24.4 Å². The Balaban J connectivity index is 2.54. The molecule has 1 aromatic heterocycles. The number of allylic oxidation sites excluding steroid dienone is 1. The minimum absolute atomic E-state index is 0.511. The standard InChI is InChI=1S/C16H23NO/c1-11(2)14-6-5-7-18-10-13-8-17-9-15(12(3)4)16(13)14/h5,7-9,11-12,14H,6,10H2,1-4H3/b7-5-. The number of hydrogen-bond acceptors (Lipinski definition) is 2. The molecule has 1 aromatic rings. The first-order valence-corrected chi connectivity index (χ1v) is 6.84. The quantitative estimate of drug-likeness (QED) is 0.771. The molecular weight excluding hydrogens is 222 g/mol. The lowest BCUT2D eigenvalue weighted by atomic mass is 9.79. The average Bonchev–Trinajstić information content (AvgIpc) is 2.28. The lowest BCUT2D eigenvalue weighted by Gasteiger charge is -2.28. The van der Waals surface area contributed by atoms with Gasteiger partial charge in [0.05, 0.1) is 6.26 Å². The van der Waals surface area contributed by atoms with Crippen LogP contribution in [-0.2, 0) is 11.3 Å². The van der Waals surface area contributed by atoms with Crippen molar-refractivity contribution >= 4 is 0 Å². The molecule has 0 N–H and O–H groups in total. The Hall–Kier alpha value is -1.31. The van der Waals surface area contributed by atoms with E-state index in [-0.39, 0.29) is 0 Å². The molecule has 0 radical (unpaired) electrons. The Morgan fingerprint density at radius 3 is 2.67 bits per heavy atom. The molecule has 18 heavy (non-hydrogen) atoms. The molecule has 0 saturated heterocycles. The van der Waals surface area contributed by atoms with E-state index in [0.717, 1.165) is 6.42 Å². The highest BCUT2D eigenvalue weighted by Crippen LogP contribution is 2.37. The van der Waals surface area contributed by atoms with E-state index >= 15 is 0 Å². The van der Waals surface area contributed by atoms with Gasteiger partial charge in [0, 0.05) is 18.0 Å². The minimum atomic E-state index is 0.511. The lowest BCUT2D eigenvalue weighted by Crippen LogP contribution is -2.15. The SMILES string of the molecule is CC(C)c1cncc2c1C(C(C)C)C/C=C\OC2. The highest BCUT2D eigenvalue weighted by atomic mass is 16.5. The number of ether oxygens (including phenoxy) is 1. The Morgan fingerprint density at radius 1 is 1.22 bits per heavy atom. The van der Waals surface area contributed by atoms with Crippen LogP contribution in [0.5, 0.6) is 0 Å². The van der Waals surface area contributed by atoms with Gasteiger partial charge < -0.3 is 4.74 Å². The maximum absolute atomic E-state index is 5.54. The number of fused-ring (bicyclic) bond motifs is 1. The molecule has 0 saturated carbocycles. The zero-order valence-corrected chi connectivity index (χ0v) is 11.8. The van der Waals surface area contributed by atoms with Gasteiger partial charge >= 0.3 is 0 Å². The van der Waals surface area contributed by atoms with Gasteiger partial charge in [-0.15, -0.1) is 0 Å². The summed E-state index contributed by atoms with van der Waals surface area (Å²) in [6.45, 7) is 9.72. The molecule has 1 aliphatic rings. The predicted molar refractivity (Wildman–Crippen MR) is 74.5 cm³/mol. The first-order chi connectivity index (χ1) is 8.61. The van der Waals surface area contributed by atoms with Crippen LogP contribution < -0.4 is 0 Å². The van der Waals surface area contributed by atoms with Crippen molar-refractivity contribution in [3.05, 3.63) is 41.4 Å². The molecule has 2 rings (SSSR count). The molecule has 2 heteroatoms. The molecule has 0 bridgehead atoms. The van der Waals surface area contributed by atoms with E-state index < -0.39 is 0 Å². The van der Waals surface area contributed by atoms with Gasteiger partial charge in [0.2, 0.25) is 0 Å². The van der Waals surface area contributed by atoms with Crippen LogP contribution in [0, 0.1) is 5.92 Å². The molecule has 0 spiro atoms. The van der Waals surface area contributed by atoms with E-state index in [2.05, 4.69) is 38.8 Å². The molecule has 0 aromatic carbocycles. The number of rotatable bonds is 2. The Labute approximate surface area is 110 Å². The zero-order chi connectivity index (χ0) is 13.1. The molecule has 2 nitrogen and oxygen atoms in total. The summed E-state index contributed by atoms with van der Waals surface area (Å²) in [6.07, 6.45) is 9.03. The monoisotopic (exact) mass is 245 g/mol. The summed E-state index contributed by atoms with van der Waals surface area (Å²) in [5, 5.41) is 0. The lowest BCUT2D eigenvalue weighted by molar-refractivity contribution is 0.228. The first kappa shape index (κ1) is 13.1. The van der Waals surface area contributed by atoms with Crippen LogP contribution in [0.1, 0.15) is 62.6 Å². The molecule has 0 aliphatic carbocycles. The van der Waals surface area contributed by atoms with Crippen LogP contribution in [0.2, 0.25) is 0 Å². The Bertz CT molecular complexity index is 435. The molecule has 2 heterocycles. The molecular formula is C16H23NO. The van der Waals surface area contributed by atoms with Crippen molar-refractivity contribution < 1.29 is 4.74 Å². The summed E-state index contributed by atoms with van der Waals surface area (Å²) in [7, 11) is 0. The molecule has 1 aliphatic heterocycles. The van der Waals surface area contributed by atoms with Gasteiger partial charge in [-0.1, -0.05) is 27.7 Å². The summed E-state index contributed by atoms with van der Waals surface area (Å²) in [6, 6.07) is 0. The normalized spacial score (nSPS) is 21.1. The third-order valence-corrected chi connectivity index (χ3v) is 3.72. The summed E-state index contributed by atoms with van der Waals surface area (Å²) < 4.78 is 5.54. The zero-order valence-electron chi connectivity index (χ0n) is 11.8. The van der Waals surface area contributed by atoms with Crippen molar-refractivity contribution in [1.29, 1.82) is 0 Å². The highest BCUT2D eigenvalue weighted by molar-refractivity contribution is 5.38. The van der Waals surface area contributed by atoms with E-state index in [9.17, 15) is 0 Å². The summed E-state index contributed by atoms with van der Waals surface area (Å²) >= 11 is 0. The van der Waals surface area contributed by atoms with Crippen LogP contribution in [0.15, 0.2) is 24.7 Å². The van der Waals surface area contributed by atoms with E-state index in [1.807, 2.05) is 18.7 Å². The van der Waals surface area contributed by atoms with Crippen molar-refractivity contribution in [1.82, 2.24) is 4.98 Å². The van der Waals surface area contributed by atoms with Crippen molar-refractivity contribution in [2.24, 2.45) is 5.92 Å². The Morgan fingerprint density at radius 2 is 2.00 bits per heavy atom. The van der Waals surface area contributed by atoms with Gasteiger partial charge in [0.15, 0.2) is 0 Å². The van der Waals surface area contributed by atoms with Gasteiger partial charge in [0.1, 0.15) is 6.61 Å². The van der Waals surface area contributed by atoms with Crippen LogP contribution >= 0.6 is 0 Å². The second-order valence-corrected chi connectivity index (χ2v) is 5.73.